The number of nitrogens with zero attached hydrogens (tertiary/aromatic N) is 3. The van der Waals surface area contributed by atoms with Crippen LogP contribution in [0.1, 0.15) is 48.7 Å². The first-order valence-electron chi connectivity index (χ1n) is 9.64. The summed E-state index contributed by atoms with van der Waals surface area (Å²) in [5, 5.41) is 12.8. The van der Waals surface area contributed by atoms with Gasteiger partial charge in [-0.2, -0.15) is 0 Å². The minimum atomic E-state index is -0.684. The second-order valence-corrected chi connectivity index (χ2v) is 7.41. The number of aromatic nitrogens is 2. The van der Waals surface area contributed by atoms with Crippen LogP contribution in [0, 0.1) is 5.82 Å². The van der Waals surface area contributed by atoms with Crippen molar-refractivity contribution < 1.29 is 18.5 Å². The van der Waals surface area contributed by atoms with Gasteiger partial charge in [-0.3, -0.25) is 19.1 Å². The topological polar surface area (TPSA) is 96.7 Å². The van der Waals surface area contributed by atoms with E-state index in [1.807, 2.05) is 32.7 Å². The maximum absolute atomic E-state index is 13.4. The summed E-state index contributed by atoms with van der Waals surface area (Å²) in [5.41, 5.74) is -0.321. The number of nitrogens with one attached hydrogen (secondary N) is 1. The largest absolute Gasteiger partial charge is 0.501 e. The summed E-state index contributed by atoms with van der Waals surface area (Å²) in [6.45, 7) is 6.97. The highest BCUT2D eigenvalue weighted by molar-refractivity contribution is 7.94. The Morgan fingerprint density at radius 3 is 2.77 bits per heavy atom. The quantitative estimate of drug-likeness (QED) is 0.693. The number of aromatic hydroxyl groups is 1. The summed E-state index contributed by atoms with van der Waals surface area (Å²) < 4.78 is 19.8. The van der Waals surface area contributed by atoms with Crippen molar-refractivity contribution in [3.63, 3.8) is 0 Å². The second kappa shape index (κ2) is 10.6. The van der Waals surface area contributed by atoms with Crippen molar-refractivity contribution in [3.8, 4) is 5.75 Å². The molecule has 2 aromatic rings. The van der Waals surface area contributed by atoms with Crippen LogP contribution in [0.5, 0.6) is 5.75 Å². The fourth-order valence-electron chi connectivity index (χ4n) is 3.00. The van der Waals surface area contributed by atoms with Gasteiger partial charge in [0.25, 0.3) is 11.5 Å². The number of hydrogen-bond donors (Lipinski definition) is 2. The van der Waals surface area contributed by atoms with Crippen molar-refractivity contribution in [2.24, 2.45) is 0 Å². The van der Waals surface area contributed by atoms with E-state index in [0.29, 0.717) is 29.4 Å². The van der Waals surface area contributed by atoms with Gasteiger partial charge in [-0.1, -0.05) is 19.9 Å². The maximum atomic E-state index is 13.4. The number of benzene rings is 1. The fraction of sp³-hybridized carbons (Fsp3) is 0.450. The molecule has 0 saturated carbocycles. The van der Waals surface area contributed by atoms with Gasteiger partial charge in [0.15, 0.2) is 5.69 Å². The van der Waals surface area contributed by atoms with E-state index in [0.717, 1.165) is 12.0 Å². The molecule has 2 heterocycles. The zero-order valence-corrected chi connectivity index (χ0v) is 18.5. The molecular formula is C20H27FN4O4S. The van der Waals surface area contributed by atoms with E-state index in [9.17, 15) is 19.1 Å². The molecule has 1 aromatic heterocycles. The molecule has 10 heteroatoms. The van der Waals surface area contributed by atoms with E-state index in [-0.39, 0.29) is 18.3 Å². The van der Waals surface area contributed by atoms with Gasteiger partial charge >= 0.3 is 0 Å². The van der Waals surface area contributed by atoms with Crippen LogP contribution in [0.3, 0.4) is 0 Å². The number of likely N-dealkylation sites (N-methyl/N-ethyl adjacent to an activating group) is 1. The molecule has 0 saturated heterocycles. The molecule has 1 atom stereocenters. The minimum Gasteiger partial charge on any atom is -0.501 e. The standard InChI is InChI=1S/C18H21FN4O4S.C2H6/c1-10-16-21-14(15(24)18(26)23(16)7-6-22(10)2)17(25)20-9-11-4-5-12(19)8-13(11)28-27-3;1-2/h4-5,8,10,24H,6-7,9H2,1-3H3,(H,20,25);1-2H3. The zero-order valence-electron chi connectivity index (χ0n) is 17.7. The van der Waals surface area contributed by atoms with Crippen LogP contribution in [-0.2, 0) is 17.3 Å². The minimum absolute atomic E-state index is 0.0554. The van der Waals surface area contributed by atoms with E-state index >= 15 is 0 Å². The average molecular weight is 439 g/mol. The molecule has 0 bridgehead atoms. The van der Waals surface area contributed by atoms with Gasteiger partial charge in [-0.25, -0.2) is 9.37 Å². The van der Waals surface area contributed by atoms with Crippen LogP contribution < -0.4 is 10.9 Å². The molecule has 1 aliphatic rings. The molecule has 0 spiro atoms. The Morgan fingerprint density at radius 1 is 1.40 bits per heavy atom. The third-order valence-corrected chi connectivity index (χ3v) is 5.47. The summed E-state index contributed by atoms with van der Waals surface area (Å²) >= 11 is 0.973. The molecule has 164 valence electrons. The Balaban J connectivity index is 0.00000155. The zero-order chi connectivity index (χ0) is 22.4. The van der Waals surface area contributed by atoms with Crippen LogP contribution in [-0.4, -0.2) is 46.2 Å². The predicted octanol–water partition coefficient (Wildman–Crippen LogP) is 2.70. The number of amides is 1. The molecule has 1 amide bonds. The number of rotatable bonds is 5. The van der Waals surface area contributed by atoms with Crippen LogP contribution >= 0.6 is 12.0 Å². The van der Waals surface area contributed by atoms with Gasteiger partial charge in [0.2, 0.25) is 5.75 Å². The van der Waals surface area contributed by atoms with Gasteiger partial charge in [-0.15, -0.1) is 0 Å². The lowest BCUT2D eigenvalue weighted by molar-refractivity contribution is 0.0939. The first-order valence-corrected chi connectivity index (χ1v) is 10.4. The van der Waals surface area contributed by atoms with Crippen molar-refractivity contribution in [1.82, 2.24) is 19.8 Å². The van der Waals surface area contributed by atoms with E-state index in [4.69, 9.17) is 4.18 Å². The van der Waals surface area contributed by atoms with Gasteiger partial charge in [0, 0.05) is 36.6 Å². The Kier molecular flexibility index (Phi) is 8.39. The normalized spacial score (nSPS) is 15.7. The van der Waals surface area contributed by atoms with E-state index in [1.165, 1.54) is 29.9 Å². The molecule has 3 rings (SSSR count). The maximum Gasteiger partial charge on any atom is 0.296 e. The Hall–Kier alpha value is -2.43. The Labute approximate surface area is 179 Å². The average Bonchev–Trinajstić information content (AvgIpc) is 2.74. The molecule has 1 unspecified atom stereocenters. The highest BCUT2D eigenvalue weighted by Gasteiger charge is 2.28. The summed E-state index contributed by atoms with van der Waals surface area (Å²) in [7, 11) is 3.36. The number of fused-ring (bicyclic) bond motifs is 1. The SMILES string of the molecule is CC.COSc1cc(F)ccc1CNC(=O)c1nc2n(c(=O)c1O)CCN(C)C2C. The van der Waals surface area contributed by atoms with E-state index in [1.54, 1.807) is 0 Å². The fourth-order valence-corrected chi connectivity index (χ4v) is 3.59. The predicted molar refractivity (Wildman–Crippen MR) is 113 cm³/mol. The van der Waals surface area contributed by atoms with Crippen LogP contribution in [0.4, 0.5) is 4.39 Å². The van der Waals surface area contributed by atoms with Gasteiger partial charge in [0.05, 0.1) is 13.2 Å². The lowest BCUT2D eigenvalue weighted by Gasteiger charge is -2.32. The third kappa shape index (κ3) is 5.00. The Bertz CT molecular complexity index is 967. The molecule has 30 heavy (non-hydrogen) atoms. The lowest BCUT2D eigenvalue weighted by Crippen LogP contribution is -2.41. The summed E-state index contributed by atoms with van der Waals surface area (Å²) in [5.74, 6) is -1.35. The molecule has 1 aliphatic heterocycles. The number of carbonyl (C=O) groups is 1. The molecule has 1 aromatic carbocycles. The molecule has 0 fully saturated rings. The summed E-state index contributed by atoms with van der Waals surface area (Å²) in [6, 6.07) is 3.94. The number of halogens is 1. The van der Waals surface area contributed by atoms with Crippen molar-refractivity contribution in [2.45, 2.75) is 44.8 Å². The third-order valence-electron chi connectivity index (χ3n) is 4.74. The van der Waals surface area contributed by atoms with Gasteiger partial charge in [-0.05, 0) is 31.7 Å². The van der Waals surface area contributed by atoms with Crippen molar-refractivity contribution in [1.29, 1.82) is 0 Å². The van der Waals surface area contributed by atoms with Crippen LogP contribution in [0.15, 0.2) is 27.9 Å². The highest BCUT2D eigenvalue weighted by atomic mass is 32.2. The van der Waals surface area contributed by atoms with E-state index in [2.05, 4.69) is 10.3 Å². The second-order valence-electron chi connectivity index (χ2n) is 6.47. The molecular weight excluding hydrogens is 411 g/mol. The first-order chi connectivity index (χ1) is 14.3. The number of hydrogen-bond acceptors (Lipinski definition) is 7. The smallest absolute Gasteiger partial charge is 0.296 e. The first kappa shape index (κ1) is 23.8. The Morgan fingerprint density at radius 2 is 2.10 bits per heavy atom. The van der Waals surface area contributed by atoms with E-state index < -0.39 is 23.0 Å². The number of carbonyl (C=O) groups excluding carboxylic acids is 1. The summed E-state index contributed by atoms with van der Waals surface area (Å²) in [6.07, 6.45) is 0. The molecule has 0 aliphatic carbocycles. The van der Waals surface area contributed by atoms with Crippen LogP contribution in [0.2, 0.25) is 0 Å². The molecule has 0 radical (unpaired) electrons. The molecule has 8 nitrogen and oxygen atoms in total. The van der Waals surface area contributed by atoms with Crippen molar-refractivity contribution in [2.75, 3.05) is 20.7 Å². The van der Waals surface area contributed by atoms with Gasteiger partial charge < -0.3 is 14.6 Å². The summed E-state index contributed by atoms with van der Waals surface area (Å²) in [4.78, 5) is 31.8. The lowest BCUT2D eigenvalue weighted by atomic mass is 10.2. The van der Waals surface area contributed by atoms with Gasteiger partial charge in [0.1, 0.15) is 11.6 Å². The van der Waals surface area contributed by atoms with Crippen molar-refractivity contribution in [3.05, 3.63) is 51.5 Å². The van der Waals surface area contributed by atoms with Crippen LogP contribution in [0.25, 0.3) is 0 Å². The highest BCUT2D eigenvalue weighted by Crippen LogP contribution is 2.25. The monoisotopic (exact) mass is 438 g/mol. The molecule has 2 N–H and O–H groups in total. The van der Waals surface area contributed by atoms with Crippen molar-refractivity contribution >= 4 is 17.9 Å².